The summed E-state index contributed by atoms with van der Waals surface area (Å²) in [5.74, 6) is 0.0670. The Kier molecular flexibility index (Phi) is 4.20. The lowest BCUT2D eigenvalue weighted by molar-refractivity contribution is 0.0584. The van der Waals surface area contributed by atoms with Crippen molar-refractivity contribution in [3.05, 3.63) is 42.5 Å². The molecule has 1 amide bonds. The highest BCUT2D eigenvalue weighted by Gasteiger charge is 2.29. The first-order valence-corrected chi connectivity index (χ1v) is 7.68. The smallest absolute Gasteiger partial charge is 0.254 e. The third kappa shape index (κ3) is 2.87. The van der Waals surface area contributed by atoms with Gasteiger partial charge in [0.25, 0.3) is 5.91 Å². The molecular weight excluding hydrogens is 278 g/mol. The molecule has 0 aliphatic carbocycles. The predicted octanol–water partition coefficient (Wildman–Crippen LogP) is 1.61. The van der Waals surface area contributed by atoms with Crippen molar-refractivity contribution in [1.29, 1.82) is 0 Å². The van der Waals surface area contributed by atoms with E-state index in [4.69, 9.17) is 5.73 Å². The van der Waals surface area contributed by atoms with E-state index in [0.29, 0.717) is 5.56 Å². The zero-order valence-corrected chi connectivity index (χ0v) is 12.7. The summed E-state index contributed by atoms with van der Waals surface area (Å²) in [6.07, 6.45) is 6.44. The van der Waals surface area contributed by atoms with E-state index in [-0.39, 0.29) is 18.0 Å². The van der Waals surface area contributed by atoms with E-state index >= 15 is 0 Å². The molecule has 1 aromatic heterocycles. The van der Waals surface area contributed by atoms with E-state index in [9.17, 15) is 4.79 Å². The molecule has 6 heteroatoms. The van der Waals surface area contributed by atoms with Gasteiger partial charge >= 0.3 is 0 Å². The average Bonchev–Trinajstić information content (AvgIpc) is 3.09. The van der Waals surface area contributed by atoms with E-state index in [0.717, 1.165) is 31.5 Å². The molecule has 2 atom stereocenters. The number of piperidine rings is 1. The molecule has 1 fully saturated rings. The van der Waals surface area contributed by atoms with Crippen molar-refractivity contribution in [2.45, 2.75) is 38.3 Å². The lowest BCUT2D eigenvalue weighted by Crippen LogP contribution is -2.51. The maximum absolute atomic E-state index is 12.8. The highest BCUT2D eigenvalue weighted by Crippen LogP contribution is 2.22. The number of benzene rings is 1. The van der Waals surface area contributed by atoms with Crippen molar-refractivity contribution in [3.8, 4) is 5.69 Å². The van der Waals surface area contributed by atoms with Crippen LogP contribution in [0.2, 0.25) is 0 Å². The number of carbonyl (C=O) groups excluding carboxylic acids is 1. The molecule has 0 radical (unpaired) electrons. The molecular formula is C16H21N5O. The van der Waals surface area contributed by atoms with Crippen LogP contribution < -0.4 is 5.73 Å². The van der Waals surface area contributed by atoms with E-state index < -0.39 is 0 Å². The van der Waals surface area contributed by atoms with Crippen molar-refractivity contribution >= 4 is 5.91 Å². The molecule has 0 saturated carbocycles. The number of nitrogens with zero attached hydrogens (tertiary/aromatic N) is 4. The maximum Gasteiger partial charge on any atom is 0.254 e. The number of aromatic nitrogens is 3. The Morgan fingerprint density at radius 1 is 1.23 bits per heavy atom. The van der Waals surface area contributed by atoms with Crippen LogP contribution in [0.5, 0.6) is 0 Å². The van der Waals surface area contributed by atoms with Gasteiger partial charge in [-0.15, -0.1) is 10.2 Å². The van der Waals surface area contributed by atoms with Crippen molar-refractivity contribution in [2.24, 2.45) is 5.73 Å². The average molecular weight is 299 g/mol. The second-order valence-corrected chi connectivity index (χ2v) is 5.84. The van der Waals surface area contributed by atoms with Gasteiger partial charge in [0.1, 0.15) is 12.7 Å². The van der Waals surface area contributed by atoms with Crippen LogP contribution in [0.3, 0.4) is 0 Å². The zero-order valence-electron chi connectivity index (χ0n) is 12.7. The van der Waals surface area contributed by atoms with Gasteiger partial charge in [0, 0.05) is 29.9 Å². The first-order valence-electron chi connectivity index (χ1n) is 7.68. The largest absolute Gasteiger partial charge is 0.334 e. The monoisotopic (exact) mass is 299 g/mol. The molecule has 3 rings (SSSR count). The summed E-state index contributed by atoms with van der Waals surface area (Å²) >= 11 is 0. The molecule has 22 heavy (non-hydrogen) atoms. The van der Waals surface area contributed by atoms with Crippen LogP contribution in [0.25, 0.3) is 5.69 Å². The fourth-order valence-corrected chi connectivity index (χ4v) is 3.03. The predicted molar refractivity (Wildman–Crippen MR) is 83.7 cm³/mol. The summed E-state index contributed by atoms with van der Waals surface area (Å²) in [5, 5.41) is 7.57. The van der Waals surface area contributed by atoms with Crippen LogP contribution in [-0.4, -0.2) is 44.2 Å². The maximum atomic E-state index is 12.8. The van der Waals surface area contributed by atoms with E-state index in [1.165, 1.54) is 0 Å². The Morgan fingerprint density at radius 2 is 1.91 bits per heavy atom. The lowest BCUT2D eigenvalue weighted by Gasteiger charge is -2.38. The highest BCUT2D eigenvalue weighted by molar-refractivity contribution is 5.94. The highest BCUT2D eigenvalue weighted by atomic mass is 16.2. The molecule has 2 N–H and O–H groups in total. The van der Waals surface area contributed by atoms with Crippen LogP contribution in [0.4, 0.5) is 0 Å². The zero-order chi connectivity index (χ0) is 15.5. The van der Waals surface area contributed by atoms with Gasteiger partial charge in [0.05, 0.1) is 0 Å². The topological polar surface area (TPSA) is 77.0 Å². The minimum Gasteiger partial charge on any atom is -0.334 e. The summed E-state index contributed by atoms with van der Waals surface area (Å²) in [4.78, 5) is 14.7. The number of rotatable bonds is 3. The minimum absolute atomic E-state index is 0.000506. The van der Waals surface area contributed by atoms with Crippen LogP contribution in [-0.2, 0) is 0 Å². The van der Waals surface area contributed by atoms with E-state index in [2.05, 4.69) is 10.2 Å². The van der Waals surface area contributed by atoms with Gasteiger partial charge < -0.3 is 10.6 Å². The van der Waals surface area contributed by atoms with Crippen LogP contribution in [0, 0.1) is 0 Å². The number of hydrogen-bond donors (Lipinski definition) is 1. The van der Waals surface area contributed by atoms with Crippen molar-refractivity contribution < 1.29 is 4.79 Å². The summed E-state index contributed by atoms with van der Waals surface area (Å²) in [7, 11) is 0. The summed E-state index contributed by atoms with van der Waals surface area (Å²) in [6, 6.07) is 7.65. The van der Waals surface area contributed by atoms with Gasteiger partial charge in [-0.25, -0.2) is 0 Å². The standard InChI is InChI=1S/C16H21N5O/c1-12(17)15-4-2-3-9-21(15)16(22)13-5-7-14(8-6-13)20-10-18-19-11-20/h5-8,10-12,15H,2-4,9,17H2,1H3/t12-,15+/m1/s1. The summed E-state index contributed by atoms with van der Waals surface area (Å²) in [5.41, 5.74) is 7.68. The minimum atomic E-state index is 0.000506. The second-order valence-electron chi connectivity index (χ2n) is 5.84. The molecule has 0 bridgehead atoms. The van der Waals surface area contributed by atoms with Crippen LogP contribution in [0.1, 0.15) is 36.5 Å². The number of carbonyl (C=O) groups is 1. The molecule has 1 aromatic carbocycles. The first kappa shape index (κ1) is 14.7. The van der Waals surface area contributed by atoms with Gasteiger partial charge in [0.15, 0.2) is 0 Å². The molecule has 1 aliphatic heterocycles. The molecule has 6 nitrogen and oxygen atoms in total. The third-order valence-electron chi connectivity index (χ3n) is 4.25. The van der Waals surface area contributed by atoms with E-state index in [1.807, 2.05) is 36.1 Å². The summed E-state index contributed by atoms with van der Waals surface area (Å²) < 4.78 is 1.81. The van der Waals surface area contributed by atoms with Crippen LogP contribution in [0.15, 0.2) is 36.9 Å². The Morgan fingerprint density at radius 3 is 2.55 bits per heavy atom. The van der Waals surface area contributed by atoms with Gasteiger partial charge in [-0.3, -0.25) is 9.36 Å². The fourth-order valence-electron chi connectivity index (χ4n) is 3.03. The Bertz CT molecular complexity index is 620. The SMILES string of the molecule is C[C@@H](N)[C@@H]1CCCCN1C(=O)c1ccc(-n2cnnc2)cc1. The Balaban J connectivity index is 1.79. The Hall–Kier alpha value is -2.21. The molecule has 2 aromatic rings. The van der Waals surface area contributed by atoms with Gasteiger partial charge in [-0.1, -0.05) is 0 Å². The second kappa shape index (κ2) is 6.27. The molecule has 116 valence electrons. The fraction of sp³-hybridized carbons (Fsp3) is 0.438. The Labute approximate surface area is 129 Å². The molecule has 1 saturated heterocycles. The first-order chi connectivity index (χ1) is 10.7. The normalized spacial score (nSPS) is 19.9. The van der Waals surface area contributed by atoms with Crippen molar-refractivity contribution in [3.63, 3.8) is 0 Å². The summed E-state index contributed by atoms with van der Waals surface area (Å²) in [6.45, 7) is 2.77. The van der Waals surface area contributed by atoms with Gasteiger partial charge in [0.2, 0.25) is 0 Å². The molecule has 1 aliphatic rings. The molecule has 2 heterocycles. The van der Waals surface area contributed by atoms with Crippen molar-refractivity contribution in [2.75, 3.05) is 6.54 Å². The van der Waals surface area contributed by atoms with Crippen molar-refractivity contribution in [1.82, 2.24) is 19.7 Å². The molecule has 0 spiro atoms. The number of nitrogens with two attached hydrogens (primary N) is 1. The number of hydrogen-bond acceptors (Lipinski definition) is 4. The third-order valence-corrected chi connectivity index (χ3v) is 4.25. The van der Waals surface area contributed by atoms with Gasteiger partial charge in [-0.2, -0.15) is 0 Å². The van der Waals surface area contributed by atoms with Gasteiger partial charge in [-0.05, 0) is 50.5 Å². The molecule has 0 unspecified atom stereocenters. The van der Waals surface area contributed by atoms with Crippen LogP contribution >= 0.6 is 0 Å². The number of likely N-dealkylation sites (tertiary alicyclic amines) is 1. The lowest BCUT2D eigenvalue weighted by atomic mass is 9.96. The quantitative estimate of drug-likeness (QED) is 0.934. The number of amides is 1. The van der Waals surface area contributed by atoms with E-state index in [1.54, 1.807) is 17.2 Å².